The van der Waals surface area contributed by atoms with Gasteiger partial charge in [-0.25, -0.2) is 28.1 Å². The highest BCUT2D eigenvalue weighted by Crippen LogP contribution is 2.34. The molecule has 2 N–H and O–H groups in total. The Hall–Kier alpha value is -3.47. The summed E-state index contributed by atoms with van der Waals surface area (Å²) in [6.07, 6.45) is 1.34. The Kier molecular flexibility index (Phi) is 5.83. The fourth-order valence-corrected chi connectivity index (χ4v) is 3.83. The molecule has 0 saturated heterocycles. The van der Waals surface area contributed by atoms with Crippen molar-refractivity contribution in [2.24, 2.45) is 5.73 Å². The molecule has 0 spiro atoms. The van der Waals surface area contributed by atoms with Crippen LogP contribution in [0.4, 0.5) is 22.0 Å². The van der Waals surface area contributed by atoms with Crippen LogP contribution in [0.2, 0.25) is 0 Å². The molecule has 0 atom stereocenters. The lowest BCUT2D eigenvalue weighted by Crippen LogP contribution is -2.32. The van der Waals surface area contributed by atoms with Crippen LogP contribution in [0.3, 0.4) is 0 Å². The molecule has 1 amide bonds. The average Bonchev–Trinajstić information content (AvgIpc) is 2.72. The van der Waals surface area contributed by atoms with Gasteiger partial charge in [0.05, 0.1) is 17.0 Å². The summed E-state index contributed by atoms with van der Waals surface area (Å²) in [5, 5.41) is 0. The topological polar surface area (TPSA) is 85.0 Å². The standard InChI is InChI=1S/C22H18F5N5O/c1-22(26,27)19-6-12(29-10-30-19)8-32-3-2-13-14(7-17(21(28)33)31-18(13)9-32)20-15(24)4-11(23)5-16(20)25/h4-7,10H,2-3,8-9H2,1H3,(H2,28,33). The van der Waals surface area contributed by atoms with E-state index in [4.69, 9.17) is 5.73 Å². The SMILES string of the molecule is CC(F)(F)c1cc(CN2CCc3c(-c4c(F)cc(F)cc4F)cc(C(N)=O)nc3C2)ncn1. The number of fused-ring (bicyclic) bond motifs is 1. The first-order valence-corrected chi connectivity index (χ1v) is 9.92. The number of alkyl halides is 2. The van der Waals surface area contributed by atoms with Gasteiger partial charge in [0.2, 0.25) is 0 Å². The zero-order valence-corrected chi connectivity index (χ0v) is 17.4. The second-order valence-corrected chi connectivity index (χ2v) is 7.83. The Morgan fingerprint density at radius 1 is 1.12 bits per heavy atom. The molecule has 0 saturated carbocycles. The summed E-state index contributed by atoms with van der Waals surface area (Å²) < 4.78 is 69.6. The van der Waals surface area contributed by atoms with E-state index in [0.717, 1.165) is 13.3 Å². The van der Waals surface area contributed by atoms with Crippen molar-refractivity contribution in [2.45, 2.75) is 32.4 Å². The zero-order valence-electron chi connectivity index (χ0n) is 17.4. The monoisotopic (exact) mass is 463 g/mol. The Balaban J connectivity index is 1.71. The fourth-order valence-electron chi connectivity index (χ4n) is 3.83. The number of halogens is 5. The Morgan fingerprint density at radius 2 is 1.82 bits per heavy atom. The summed E-state index contributed by atoms with van der Waals surface area (Å²) in [6.45, 7) is 1.46. The Bertz CT molecular complexity index is 1220. The smallest absolute Gasteiger partial charge is 0.287 e. The minimum Gasteiger partial charge on any atom is -0.364 e. The molecule has 0 unspecified atom stereocenters. The van der Waals surface area contributed by atoms with Gasteiger partial charge < -0.3 is 5.73 Å². The summed E-state index contributed by atoms with van der Waals surface area (Å²) in [5.41, 5.74) is 5.53. The number of aromatic nitrogens is 3. The predicted molar refractivity (Wildman–Crippen MR) is 107 cm³/mol. The van der Waals surface area contributed by atoms with Crippen molar-refractivity contribution in [3.63, 3.8) is 0 Å². The number of carbonyl (C=O) groups is 1. The third kappa shape index (κ3) is 4.68. The van der Waals surface area contributed by atoms with E-state index < -0.39 is 40.5 Å². The normalized spacial score (nSPS) is 14.2. The van der Waals surface area contributed by atoms with Crippen LogP contribution in [0.1, 0.15) is 40.1 Å². The average molecular weight is 463 g/mol. The molecule has 172 valence electrons. The number of hydrogen-bond acceptors (Lipinski definition) is 5. The molecule has 0 radical (unpaired) electrons. The lowest BCUT2D eigenvalue weighted by atomic mass is 9.92. The van der Waals surface area contributed by atoms with Crippen LogP contribution < -0.4 is 5.73 Å². The number of nitrogens with zero attached hydrogens (tertiary/aromatic N) is 4. The first-order chi connectivity index (χ1) is 15.5. The molecule has 0 fully saturated rings. The summed E-state index contributed by atoms with van der Waals surface area (Å²) in [4.78, 5) is 25.5. The van der Waals surface area contributed by atoms with Crippen LogP contribution in [0.25, 0.3) is 11.1 Å². The first-order valence-electron chi connectivity index (χ1n) is 9.92. The minimum atomic E-state index is -3.12. The highest BCUT2D eigenvalue weighted by atomic mass is 19.3. The molecular weight excluding hydrogens is 445 g/mol. The van der Waals surface area contributed by atoms with Crippen molar-refractivity contribution in [3.8, 4) is 11.1 Å². The van der Waals surface area contributed by atoms with E-state index in [1.807, 2.05) is 4.90 Å². The van der Waals surface area contributed by atoms with Gasteiger partial charge in [-0.2, -0.15) is 8.78 Å². The predicted octanol–water partition coefficient (Wildman–Crippen LogP) is 3.72. The number of pyridine rings is 1. The molecule has 0 bridgehead atoms. The van der Waals surface area contributed by atoms with Gasteiger partial charge in [0.25, 0.3) is 11.8 Å². The number of nitrogens with two attached hydrogens (primary N) is 1. The van der Waals surface area contributed by atoms with Crippen molar-refractivity contribution in [1.29, 1.82) is 0 Å². The molecule has 1 aliphatic heterocycles. The summed E-state index contributed by atoms with van der Waals surface area (Å²) in [6, 6.07) is 3.51. The maximum Gasteiger partial charge on any atom is 0.287 e. The van der Waals surface area contributed by atoms with Crippen LogP contribution in [0.15, 0.2) is 30.6 Å². The summed E-state index contributed by atoms with van der Waals surface area (Å²) in [5.74, 6) is -7.33. The number of carbonyl (C=O) groups excluding carboxylic acids is 1. The number of amides is 1. The van der Waals surface area contributed by atoms with Crippen molar-refractivity contribution >= 4 is 5.91 Å². The molecule has 6 nitrogen and oxygen atoms in total. The minimum absolute atomic E-state index is 0.0680. The maximum absolute atomic E-state index is 14.5. The molecule has 0 aliphatic carbocycles. The molecule has 4 rings (SSSR count). The van der Waals surface area contributed by atoms with Crippen LogP contribution in [-0.4, -0.2) is 32.3 Å². The van der Waals surface area contributed by atoms with Gasteiger partial charge in [-0.05, 0) is 29.7 Å². The quantitative estimate of drug-likeness (QED) is 0.583. The fraction of sp³-hybridized carbons (Fsp3) is 0.273. The largest absolute Gasteiger partial charge is 0.364 e. The van der Waals surface area contributed by atoms with Crippen LogP contribution in [-0.2, 0) is 25.4 Å². The molecule has 33 heavy (non-hydrogen) atoms. The highest BCUT2D eigenvalue weighted by molar-refractivity contribution is 5.92. The molecular formula is C22H18F5N5O. The van der Waals surface area contributed by atoms with Gasteiger partial charge in [-0.3, -0.25) is 9.69 Å². The van der Waals surface area contributed by atoms with Gasteiger partial charge >= 0.3 is 0 Å². The summed E-state index contributed by atoms with van der Waals surface area (Å²) >= 11 is 0. The Labute approximate surface area is 185 Å². The third-order valence-electron chi connectivity index (χ3n) is 5.35. The van der Waals surface area contributed by atoms with Gasteiger partial charge in [0.1, 0.15) is 35.2 Å². The van der Waals surface area contributed by atoms with E-state index in [0.29, 0.717) is 35.6 Å². The maximum atomic E-state index is 14.5. The Morgan fingerprint density at radius 3 is 2.45 bits per heavy atom. The van der Waals surface area contributed by atoms with E-state index >= 15 is 0 Å². The molecule has 1 aliphatic rings. The van der Waals surface area contributed by atoms with Crippen LogP contribution >= 0.6 is 0 Å². The molecule has 1 aromatic carbocycles. The second kappa shape index (κ2) is 8.47. The lowest BCUT2D eigenvalue weighted by Gasteiger charge is -2.29. The number of primary amides is 1. The van der Waals surface area contributed by atoms with Crippen molar-refractivity contribution in [2.75, 3.05) is 6.54 Å². The number of hydrogen-bond donors (Lipinski definition) is 1. The number of rotatable bonds is 5. The van der Waals surface area contributed by atoms with Crippen LogP contribution in [0.5, 0.6) is 0 Å². The van der Waals surface area contributed by atoms with Gasteiger partial charge in [-0.1, -0.05) is 0 Å². The second-order valence-electron chi connectivity index (χ2n) is 7.83. The van der Waals surface area contributed by atoms with E-state index in [-0.39, 0.29) is 30.8 Å². The molecule has 3 heterocycles. The zero-order chi connectivity index (χ0) is 23.9. The van der Waals surface area contributed by atoms with E-state index in [9.17, 15) is 26.7 Å². The van der Waals surface area contributed by atoms with E-state index in [1.165, 1.54) is 12.1 Å². The van der Waals surface area contributed by atoms with Crippen molar-refractivity contribution < 1.29 is 26.7 Å². The third-order valence-corrected chi connectivity index (χ3v) is 5.35. The van der Waals surface area contributed by atoms with E-state index in [1.54, 1.807) is 0 Å². The van der Waals surface area contributed by atoms with Gasteiger partial charge in [0, 0.05) is 38.7 Å². The van der Waals surface area contributed by atoms with Crippen LogP contribution in [0, 0.1) is 17.5 Å². The number of benzene rings is 1. The molecule has 3 aromatic rings. The van der Waals surface area contributed by atoms with E-state index in [2.05, 4.69) is 15.0 Å². The first kappa shape index (κ1) is 22.7. The van der Waals surface area contributed by atoms with Crippen molar-refractivity contribution in [1.82, 2.24) is 19.9 Å². The van der Waals surface area contributed by atoms with Crippen molar-refractivity contribution in [3.05, 3.63) is 76.4 Å². The lowest BCUT2D eigenvalue weighted by molar-refractivity contribution is 0.0124. The highest BCUT2D eigenvalue weighted by Gasteiger charge is 2.28. The summed E-state index contributed by atoms with van der Waals surface area (Å²) in [7, 11) is 0. The van der Waals surface area contributed by atoms with Gasteiger partial charge in [-0.15, -0.1) is 0 Å². The van der Waals surface area contributed by atoms with Gasteiger partial charge in [0.15, 0.2) is 0 Å². The molecule has 2 aromatic heterocycles. The molecule has 11 heteroatoms.